The smallest absolute Gasteiger partial charge is 0.303 e. The first-order valence-electron chi connectivity index (χ1n) is 11.5. The van der Waals surface area contributed by atoms with Crippen LogP contribution in [0.1, 0.15) is 62.7 Å². The highest BCUT2D eigenvalue weighted by atomic mass is 32.1. The van der Waals surface area contributed by atoms with E-state index in [4.69, 9.17) is 9.84 Å². The van der Waals surface area contributed by atoms with E-state index >= 15 is 0 Å². The Hall–Kier alpha value is -2.34. The second-order valence-corrected chi connectivity index (χ2v) is 10.8. The van der Waals surface area contributed by atoms with Crippen LogP contribution in [0.3, 0.4) is 0 Å². The molecule has 0 radical (unpaired) electrons. The van der Waals surface area contributed by atoms with E-state index in [9.17, 15) is 9.59 Å². The number of allylic oxidation sites excluding steroid dienone is 2. The van der Waals surface area contributed by atoms with Crippen LogP contribution < -0.4 is 10.1 Å². The Balaban J connectivity index is 1.46. The fourth-order valence-electron chi connectivity index (χ4n) is 5.74. The second-order valence-electron chi connectivity index (χ2n) is 9.84. The standard InChI is InChI=1S/C26H33NO4S/c1-26(2)16-12-21(26)18(8-6-4-5-7-9-24(28)29)22(13-16)27-25(30)20-15-32-23-11-10-17(31-3)14-19(20)23/h4,6,10-11,14-16,18,21-22H,5,7-9,12-13H2,1-3H3,(H,27,30)(H,28,29)/b6-4-/t16-,18+,21+,22-/m1/s1. The van der Waals surface area contributed by atoms with E-state index < -0.39 is 5.97 Å². The number of fused-ring (bicyclic) bond motifs is 3. The lowest BCUT2D eigenvalue weighted by Gasteiger charge is -2.62. The zero-order valence-electron chi connectivity index (χ0n) is 19.1. The quantitative estimate of drug-likeness (QED) is 0.365. The molecule has 1 aromatic heterocycles. The number of hydrogen-bond donors (Lipinski definition) is 2. The van der Waals surface area contributed by atoms with Gasteiger partial charge in [0.1, 0.15) is 5.75 Å². The topological polar surface area (TPSA) is 75.6 Å². The number of unbranched alkanes of at least 4 members (excludes halogenated alkanes) is 1. The third kappa shape index (κ3) is 4.42. The summed E-state index contributed by atoms with van der Waals surface area (Å²) in [5.74, 6) is 1.70. The number of aliphatic carboxylic acids is 1. The molecule has 6 heteroatoms. The minimum atomic E-state index is -0.741. The van der Waals surface area contributed by atoms with Gasteiger partial charge in [0, 0.05) is 27.9 Å². The van der Waals surface area contributed by atoms with Gasteiger partial charge >= 0.3 is 5.97 Å². The maximum absolute atomic E-state index is 13.3. The second kappa shape index (κ2) is 9.26. The fourth-order valence-corrected chi connectivity index (χ4v) is 6.66. The molecule has 3 aliphatic rings. The van der Waals surface area contributed by atoms with Crippen molar-refractivity contribution in [3.8, 4) is 5.75 Å². The number of nitrogens with one attached hydrogen (secondary N) is 1. The van der Waals surface area contributed by atoms with E-state index in [-0.39, 0.29) is 18.4 Å². The van der Waals surface area contributed by atoms with Crippen molar-refractivity contribution in [3.05, 3.63) is 41.3 Å². The third-order valence-electron chi connectivity index (χ3n) is 7.80. The van der Waals surface area contributed by atoms with Crippen LogP contribution in [-0.4, -0.2) is 30.1 Å². The minimum absolute atomic E-state index is 0.00375. The number of carbonyl (C=O) groups excluding carboxylic acids is 1. The molecule has 0 aliphatic heterocycles. The SMILES string of the molecule is COc1ccc2scc(C(=O)N[C@@H]3C[C@H]4C[C@@H]([C@@H]3C/C=C\CCCC(=O)O)C4(C)C)c2c1. The summed E-state index contributed by atoms with van der Waals surface area (Å²) in [5.41, 5.74) is 1.05. The van der Waals surface area contributed by atoms with Crippen LogP contribution in [0.4, 0.5) is 0 Å². The average Bonchev–Trinajstić information content (AvgIpc) is 3.19. The van der Waals surface area contributed by atoms with Crippen LogP contribution in [-0.2, 0) is 4.79 Å². The van der Waals surface area contributed by atoms with Crippen LogP contribution in [0.25, 0.3) is 10.1 Å². The van der Waals surface area contributed by atoms with Crippen molar-refractivity contribution in [1.82, 2.24) is 5.32 Å². The molecular formula is C26H33NO4S. The third-order valence-corrected chi connectivity index (χ3v) is 8.76. The molecular weight excluding hydrogens is 422 g/mol. The highest BCUT2D eigenvalue weighted by Crippen LogP contribution is 2.62. The van der Waals surface area contributed by atoms with Gasteiger partial charge in [-0.1, -0.05) is 26.0 Å². The lowest BCUT2D eigenvalue weighted by atomic mass is 9.44. The number of carbonyl (C=O) groups is 2. The van der Waals surface area contributed by atoms with E-state index in [1.54, 1.807) is 18.4 Å². The van der Waals surface area contributed by atoms with Crippen LogP contribution in [0.2, 0.25) is 0 Å². The van der Waals surface area contributed by atoms with Crippen molar-refractivity contribution in [3.63, 3.8) is 0 Å². The number of ether oxygens (including phenoxy) is 1. The molecule has 3 aliphatic carbocycles. The van der Waals surface area contributed by atoms with E-state index in [1.165, 1.54) is 6.42 Å². The Labute approximate surface area is 193 Å². The zero-order chi connectivity index (χ0) is 22.9. The van der Waals surface area contributed by atoms with E-state index in [0.717, 1.165) is 40.7 Å². The summed E-state index contributed by atoms with van der Waals surface area (Å²) in [6.07, 6.45) is 9.18. The first-order chi connectivity index (χ1) is 15.3. The van der Waals surface area contributed by atoms with Crippen molar-refractivity contribution in [2.45, 2.75) is 58.4 Å². The summed E-state index contributed by atoms with van der Waals surface area (Å²) < 4.78 is 6.44. The van der Waals surface area contributed by atoms with Gasteiger partial charge in [-0.15, -0.1) is 11.3 Å². The van der Waals surface area contributed by atoms with Gasteiger partial charge in [0.05, 0.1) is 12.7 Å². The van der Waals surface area contributed by atoms with Crippen LogP contribution in [0, 0.1) is 23.2 Å². The molecule has 4 atom stereocenters. The lowest BCUT2D eigenvalue weighted by molar-refractivity contribution is -0.137. The van der Waals surface area contributed by atoms with Gasteiger partial charge in [-0.25, -0.2) is 0 Å². The van der Waals surface area contributed by atoms with Crippen molar-refractivity contribution in [2.24, 2.45) is 23.2 Å². The van der Waals surface area contributed by atoms with E-state index in [1.807, 2.05) is 23.6 Å². The summed E-state index contributed by atoms with van der Waals surface area (Å²) in [5, 5.41) is 15.1. The monoisotopic (exact) mass is 455 g/mol. The van der Waals surface area contributed by atoms with Crippen molar-refractivity contribution < 1.29 is 19.4 Å². The molecule has 1 aromatic carbocycles. The largest absolute Gasteiger partial charge is 0.497 e. The molecule has 5 rings (SSSR count). The van der Waals surface area contributed by atoms with Crippen molar-refractivity contribution >= 4 is 33.3 Å². The summed E-state index contributed by atoms with van der Waals surface area (Å²) in [6.45, 7) is 4.73. The molecule has 0 saturated heterocycles. The number of thiophene rings is 1. The molecule has 172 valence electrons. The molecule has 3 fully saturated rings. The van der Waals surface area contributed by atoms with Gasteiger partial charge in [0.15, 0.2) is 0 Å². The Bertz CT molecular complexity index is 1020. The van der Waals surface area contributed by atoms with Crippen LogP contribution in [0.15, 0.2) is 35.7 Å². The van der Waals surface area contributed by atoms with Gasteiger partial charge in [-0.2, -0.15) is 0 Å². The van der Waals surface area contributed by atoms with Crippen molar-refractivity contribution in [1.29, 1.82) is 0 Å². The van der Waals surface area contributed by atoms with Crippen LogP contribution in [0.5, 0.6) is 5.75 Å². The molecule has 0 spiro atoms. The highest BCUT2D eigenvalue weighted by molar-refractivity contribution is 7.17. The van der Waals surface area contributed by atoms with Gasteiger partial charge in [-0.05, 0) is 73.5 Å². The summed E-state index contributed by atoms with van der Waals surface area (Å²) in [6, 6.07) is 6.05. The first-order valence-corrected chi connectivity index (χ1v) is 12.4. The molecule has 1 amide bonds. The Morgan fingerprint density at radius 3 is 2.81 bits per heavy atom. The molecule has 32 heavy (non-hydrogen) atoms. The molecule has 1 heterocycles. The van der Waals surface area contributed by atoms with Gasteiger partial charge < -0.3 is 15.2 Å². The molecule has 2 aromatic rings. The number of hydrogen-bond acceptors (Lipinski definition) is 4. The Morgan fingerprint density at radius 1 is 1.28 bits per heavy atom. The zero-order valence-corrected chi connectivity index (χ0v) is 19.9. The lowest BCUT2D eigenvalue weighted by Crippen LogP contribution is -2.61. The minimum Gasteiger partial charge on any atom is -0.497 e. The Morgan fingerprint density at radius 2 is 2.09 bits per heavy atom. The number of methoxy groups -OCH3 is 1. The molecule has 5 nitrogen and oxygen atoms in total. The average molecular weight is 456 g/mol. The predicted octanol–water partition coefficient (Wildman–Crippen LogP) is 5.89. The number of amides is 1. The Kier molecular flexibility index (Phi) is 6.61. The number of rotatable bonds is 9. The van der Waals surface area contributed by atoms with Crippen LogP contribution >= 0.6 is 11.3 Å². The number of carboxylic acid groups (broad SMARTS) is 1. The highest BCUT2D eigenvalue weighted by Gasteiger charge is 2.57. The van der Waals surface area contributed by atoms with Gasteiger partial charge in [0.2, 0.25) is 0 Å². The maximum atomic E-state index is 13.3. The maximum Gasteiger partial charge on any atom is 0.303 e. The van der Waals surface area contributed by atoms with Gasteiger partial charge in [0.25, 0.3) is 5.91 Å². The first kappa shape index (κ1) is 22.8. The van der Waals surface area contributed by atoms with Crippen molar-refractivity contribution in [2.75, 3.05) is 7.11 Å². The molecule has 2 bridgehead atoms. The predicted molar refractivity (Wildman–Crippen MR) is 128 cm³/mol. The fraction of sp³-hybridized carbons (Fsp3) is 0.538. The summed E-state index contributed by atoms with van der Waals surface area (Å²) >= 11 is 1.59. The molecule has 3 saturated carbocycles. The molecule has 2 N–H and O–H groups in total. The van der Waals surface area contributed by atoms with Gasteiger partial charge in [-0.3, -0.25) is 9.59 Å². The van der Waals surface area contributed by atoms with E-state index in [0.29, 0.717) is 29.6 Å². The summed E-state index contributed by atoms with van der Waals surface area (Å²) in [4.78, 5) is 24.0. The number of benzene rings is 1. The normalized spacial score (nSPS) is 26.1. The number of carboxylic acids is 1. The summed E-state index contributed by atoms with van der Waals surface area (Å²) in [7, 11) is 1.64. The molecule has 0 unspecified atom stereocenters. The van der Waals surface area contributed by atoms with E-state index in [2.05, 4.69) is 31.3 Å².